The van der Waals surface area contributed by atoms with Gasteiger partial charge in [0.1, 0.15) is 11.6 Å². The van der Waals surface area contributed by atoms with Crippen LogP contribution in [0.4, 0.5) is 17.5 Å². The highest BCUT2D eigenvalue weighted by atomic mass is 35.5. The number of nitrogen functional groups attached to an aromatic ring is 1. The van der Waals surface area contributed by atoms with Crippen LogP contribution in [0.25, 0.3) is 10.9 Å². The largest absolute Gasteiger partial charge is 0.383 e. The Morgan fingerprint density at radius 1 is 1.20 bits per heavy atom. The molecular formula is C12H14Cl2N6. The lowest BCUT2D eigenvalue weighted by Gasteiger charge is -2.05. The molecule has 20 heavy (non-hydrogen) atoms. The van der Waals surface area contributed by atoms with Crippen LogP contribution in [0.3, 0.4) is 0 Å². The van der Waals surface area contributed by atoms with E-state index in [0.29, 0.717) is 17.5 Å². The predicted molar refractivity (Wildman–Crippen MR) is 85.1 cm³/mol. The summed E-state index contributed by atoms with van der Waals surface area (Å²) in [6, 6.07) is 7.47. The van der Waals surface area contributed by atoms with E-state index in [0.717, 1.165) is 16.6 Å². The van der Waals surface area contributed by atoms with Crippen molar-refractivity contribution >= 4 is 53.2 Å². The number of nitrogens with one attached hydrogen (secondary N) is 2. The zero-order chi connectivity index (χ0) is 12.5. The molecule has 0 aliphatic rings. The van der Waals surface area contributed by atoms with Gasteiger partial charge < -0.3 is 11.1 Å². The van der Waals surface area contributed by atoms with E-state index in [1.807, 2.05) is 31.2 Å². The maximum atomic E-state index is 5.90. The molecule has 0 aromatic carbocycles. The number of halogens is 2. The standard InChI is InChI=1S/C12H12N6.2ClH/c1-7-5-11(18-17-7)15-10-6-9-8(12(13)16-10)3-2-4-14-9;;/h2-6H,1H3,(H4,13,15,16,17,18);2*1H. The molecule has 0 aliphatic carbocycles. The molecule has 0 spiro atoms. The van der Waals surface area contributed by atoms with Crippen molar-refractivity contribution in [2.24, 2.45) is 0 Å². The summed E-state index contributed by atoms with van der Waals surface area (Å²) in [5.74, 6) is 1.79. The van der Waals surface area contributed by atoms with Gasteiger partial charge in [-0.3, -0.25) is 10.1 Å². The summed E-state index contributed by atoms with van der Waals surface area (Å²) in [6.45, 7) is 1.93. The fourth-order valence-corrected chi connectivity index (χ4v) is 1.78. The maximum absolute atomic E-state index is 5.90. The van der Waals surface area contributed by atoms with Gasteiger partial charge in [-0.2, -0.15) is 5.10 Å². The number of hydrogen-bond acceptors (Lipinski definition) is 5. The summed E-state index contributed by atoms with van der Waals surface area (Å²) < 4.78 is 0. The molecule has 0 saturated heterocycles. The molecule has 0 amide bonds. The number of aryl methyl sites for hydroxylation is 1. The summed E-state index contributed by atoms with van der Waals surface area (Å²) in [5, 5.41) is 10.9. The first-order valence-electron chi connectivity index (χ1n) is 5.52. The molecule has 3 rings (SSSR count). The second kappa shape index (κ2) is 6.40. The van der Waals surface area contributed by atoms with E-state index in [1.165, 1.54) is 0 Å². The molecule has 8 heteroatoms. The first kappa shape index (κ1) is 16.0. The molecule has 106 valence electrons. The van der Waals surface area contributed by atoms with E-state index in [4.69, 9.17) is 5.73 Å². The summed E-state index contributed by atoms with van der Waals surface area (Å²) in [5.41, 5.74) is 7.68. The van der Waals surface area contributed by atoms with Crippen molar-refractivity contribution in [1.82, 2.24) is 20.2 Å². The normalized spacial score (nSPS) is 9.65. The zero-order valence-corrected chi connectivity index (χ0v) is 12.3. The van der Waals surface area contributed by atoms with E-state index < -0.39 is 0 Å². The molecule has 4 N–H and O–H groups in total. The number of anilines is 3. The number of nitrogens with zero attached hydrogens (tertiary/aromatic N) is 3. The summed E-state index contributed by atoms with van der Waals surface area (Å²) in [7, 11) is 0. The lowest BCUT2D eigenvalue weighted by Crippen LogP contribution is -1.99. The molecule has 3 aromatic heterocycles. The van der Waals surface area contributed by atoms with Gasteiger partial charge in [0.25, 0.3) is 0 Å². The average molecular weight is 313 g/mol. The van der Waals surface area contributed by atoms with E-state index in [-0.39, 0.29) is 24.8 Å². The zero-order valence-electron chi connectivity index (χ0n) is 10.6. The number of aromatic nitrogens is 4. The molecule has 0 saturated carbocycles. The highest BCUT2D eigenvalue weighted by molar-refractivity contribution is 5.90. The van der Waals surface area contributed by atoms with Crippen LogP contribution >= 0.6 is 24.8 Å². The Bertz CT molecular complexity index is 712. The van der Waals surface area contributed by atoms with Gasteiger partial charge in [-0.15, -0.1) is 24.8 Å². The van der Waals surface area contributed by atoms with Crippen LogP contribution in [-0.4, -0.2) is 20.2 Å². The monoisotopic (exact) mass is 312 g/mol. The van der Waals surface area contributed by atoms with Crippen molar-refractivity contribution in [1.29, 1.82) is 0 Å². The third-order valence-corrected chi connectivity index (χ3v) is 2.59. The number of H-pyrrole nitrogens is 1. The molecule has 0 radical (unpaired) electrons. The van der Waals surface area contributed by atoms with Crippen molar-refractivity contribution in [2.75, 3.05) is 11.1 Å². The van der Waals surface area contributed by atoms with Crippen LogP contribution in [0.1, 0.15) is 5.69 Å². The van der Waals surface area contributed by atoms with Gasteiger partial charge in [-0.1, -0.05) is 0 Å². The Labute approximate surface area is 128 Å². The van der Waals surface area contributed by atoms with Crippen LogP contribution in [0.15, 0.2) is 30.5 Å². The molecule has 3 aromatic rings. The lowest BCUT2D eigenvalue weighted by molar-refractivity contribution is 1.05. The average Bonchev–Trinajstić information content (AvgIpc) is 2.75. The molecule has 0 unspecified atom stereocenters. The highest BCUT2D eigenvalue weighted by Gasteiger charge is 2.05. The van der Waals surface area contributed by atoms with Crippen LogP contribution < -0.4 is 11.1 Å². The van der Waals surface area contributed by atoms with Gasteiger partial charge in [0.2, 0.25) is 0 Å². The number of fused-ring (bicyclic) bond motifs is 1. The Balaban J connectivity index is 0.000001000. The van der Waals surface area contributed by atoms with E-state index >= 15 is 0 Å². The van der Waals surface area contributed by atoms with Gasteiger partial charge in [0, 0.05) is 29.4 Å². The van der Waals surface area contributed by atoms with Gasteiger partial charge in [-0.05, 0) is 19.1 Å². The fourth-order valence-electron chi connectivity index (χ4n) is 1.78. The molecule has 0 aliphatic heterocycles. The smallest absolute Gasteiger partial charge is 0.153 e. The quantitative estimate of drug-likeness (QED) is 0.676. The highest BCUT2D eigenvalue weighted by Crippen LogP contribution is 2.22. The van der Waals surface area contributed by atoms with Crippen molar-refractivity contribution in [3.05, 3.63) is 36.2 Å². The first-order valence-corrected chi connectivity index (χ1v) is 5.52. The first-order chi connectivity index (χ1) is 8.72. The number of pyridine rings is 2. The summed E-state index contributed by atoms with van der Waals surface area (Å²) in [6.07, 6.45) is 1.73. The number of hydrogen-bond donors (Lipinski definition) is 3. The van der Waals surface area contributed by atoms with Gasteiger partial charge >= 0.3 is 0 Å². The number of nitrogens with two attached hydrogens (primary N) is 1. The Morgan fingerprint density at radius 2 is 2.00 bits per heavy atom. The maximum Gasteiger partial charge on any atom is 0.153 e. The number of rotatable bonds is 2. The molecule has 0 bridgehead atoms. The second-order valence-electron chi connectivity index (χ2n) is 4.02. The van der Waals surface area contributed by atoms with E-state index in [1.54, 1.807) is 6.20 Å². The number of aromatic amines is 1. The topological polar surface area (TPSA) is 92.5 Å². The predicted octanol–water partition coefficient (Wildman–Crippen LogP) is 2.83. The minimum Gasteiger partial charge on any atom is -0.383 e. The molecule has 0 atom stereocenters. The third-order valence-electron chi connectivity index (χ3n) is 2.59. The Kier molecular flexibility index (Phi) is 5.12. The van der Waals surface area contributed by atoms with E-state index in [2.05, 4.69) is 25.5 Å². The van der Waals surface area contributed by atoms with Crippen LogP contribution in [0.5, 0.6) is 0 Å². The minimum absolute atomic E-state index is 0. The van der Waals surface area contributed by atoms with Crippen LogP contribution in [0, 0.1) is 6.92 Å². The SMILES string of the molecule is Cc1cc(Nc2cc3ncccc3c(N)n2)n[nH]1.Cl.Cl. The molecule has 3 heterocycles. The van der Waals surface area contributed by atoms with Gasteiger partial charge in [-0.25, -0.2) is 4.98 Å². The second-order valence-corrected chi connectivity index (χ2v) is 4.02. The lowest BCUT2D eigenvalue weighted by atomic mass is 10.2. The van der Waals surface area contributed by atoms with Crippen LogP contribution in [-0.2, 0) is 0 Å². The van der Waals surface area contributed by atoms with Crippen molar-refractivity contribution in [2.45, 2.75) is 6.92 Å². The Hall–Kier alpha value is -2.05. The molecule has 0 fully saturated rings. The molecular weight excluding hydrogens is 299 g/mol. The van der Waals surface area contributed by atoms with Crippen molar-refractivity contribution in [3.8, 4) is 0 Å². The Morgan fingerprint density at radius 3 is 2.70 bits per heavy atom. The van der Waals surface area contributed by atoms with Crippen LogP contribution in [0.2, 0.25) is 0 Å². The molecule has 6 nitrogen and oxygen atoms in total. The van der Waals surface area contributed by atoms with Gasteiger partial charge in [0.15, 0.2) is 5.82 Å². The van der Waals surface area contributed by atoms with Crippen molar-refractivity contribution in [3.63, 3.8) is 0 Å². The van der Waals surface area contributed by atoms with Gasteiger partial charge in [0.05, 0.1) is 5.52 Å². The summed E-state index contributed by atoms with van der Waals surface area (Å²) in [4.78, 5) is 8.54. The third kappa shape index (κ3) is 3.09. The fraction of sp³-hybridized carbons (Fsp3) is 0.0833. The van der Waals surface area contributed by atoms with E-state index in [9.17, 15) is 0 Å². The van der Waals surface area contributed by atoms with Crippen molar-refractivity contribution < 1.29 is 0 Å². The minimum atomic E-state index is 0. The summed E-state index contributed by atoms with van der Waals surface area (Å²) >= 11 is 0.